The second-order valence-corrected chi connectivity index (χ2v) is 11.2. The van der Waals surface area contributed by atoms with Crippen molar-refractivity contribution in [2.45, 2.75) is 69.8 Å². The summed E-state index contributed by atoms with van der Waals surface area (Å²) in [7, 11) is 1.34. The molecule has 2 amide bonds. The molecular weight excluding hydrogens is 474 g/mol. The smallest absolute Gasteiger partial charge is 0.424 e. The summed E-state index contributed by atoms with van der Waals surface area (Å²) < 4.78 is 15.6. The van der Waals surface area contributed by atoms with Crippen LogP contribution in [0.2, 0.25) is 5.02 Å². The van der Waals surface area contributed by atoms with Gasteiger partial charge in [-0.2, -0.15) is 16.7 Å². The number of amides is 2. The van der Waals surface area contributed by atoms with Crippen molar-refractivity contribution in [1.29, 1.82) is 0 Å². The van der Waals surface area contributed by atoms with E-state index in [1.165, 1.54) is 30.6 Å². The maximum absolute atomic E-state index is 13.0. The molecule has 0 radical (unpaired) electrons. The van der Waals surface area contributed by atoms with Gasteiger partial charge in [0.05, 0.1) is 24.2 Å². The second kappa shape index (κ2) is 12.0. The van der Waals surface area contributed by atoms with Gasteiger partial charge < -0.3 is 14.2 Å². The highest BCUT2D eigenvalue weighted by Crippen LogP contribution is 2.39. The minimum atomic E-state index is -0.851. The summed E-state index contributed by atoms with van der Waals surface area (Å²) in [5.41, 5.74) is -0.737. The van der Waals surface area contributed by atoms with E-state index >= 15 is 0 Å². The number of imide groups is 1. The van der Waals surface area contributed by atoms with E-state index in [2.05, 4.69) is 4.74 Å². The number of nitrogens with zero attached hydrogens (tertiary/aromatic N) is 1. The van der Waals surface area contributed by atoms with Gasteiger partial charge in [-0.05, 0) is 59.9 Å². The molecule has 7 nitrogen and oxygen atoms in total. The quantitative estimate of drug-likeness (QED) is 0.235. The highest BCUT2D eigenvalue weighted by molar-refractivity contribution is 7.99. The van der Waals surface area contributed by atoms with E-state index in [1.54, 1.807) is 53.7 Å². The lowest BCUT2D eigenvalue weighted by Crippen LogP contribution is -2.44. The van der Waals surface area contributed by atoms with Crippen LogP contribution < -0.4 is 4.90 Å². The van der Waals surface area contributed by atoms with Crippen molar-refractivity contribution < 1.29 is 28.6 Å². The zero-order chi connectivity index (χ0) is 24.7. The number of ether oxygens (including phenoxy) is 3. The molecule has 0 bridgehead atoms. The topological polar surface area (TPSA) is 82.1 Å². The Labute approximate surface area is 203 Å². The zero-order valence-electron chi connectivity index (χ0n) is 19.9. The maximum Gasteiger partial charge on any atom is 0.424 e. The van der Waals surface area contributed by atoms with Gasteiger partial charge in [-0.3, -0.25) is 4.79 Å². The number of halogens is 1. The van der Waals surface area contributed by atoms with E-state index in [9.17, 15) is 14.4 Å². The Balaban J connectivity index is 3.43. The van der Waals surface area contributed by atoms with Crippen molar-refractivity contribution in [3.05, 3.63) is 22.7 Å². The largest absolute Gasteiger partial charge is 0.469 e. The van der Waals surface area contributed by atoms with Crippen LogP contribution in [-0.4, -0.2) is 48.5 Å². The van der Waals surface area contributed by atoms with Gasteiger partial charge in [0.2, 0.25) is 0 Å². The standard InChI is InChI=1S/C22H32ClNO6S2/c1-21(2,3)29-19(26)24(20(27)30-22(4,5)6)15-9-10-16(18(23)14(15)13-31-8)32-12-11-17(25)28-7/h9-10H,11-13H2,1-8H3. The summed E-state index contributed by atoms with van der Waals surface area (Å²) in [5.74, 6) is 0.615. The molecule has 0 saturated heterocycles. The van der Waals surface area contributed by atoms with E-state index in [1.807, 2.05) is 6.26 Å². The monoisotopic (exact) mass is 505 g/mol. The van der Waals surface area contributed by atoms with E-state index in [0.717, 1.165) is 9.80 Å². The van der Waals surface area contributed by atoms with Gasteiger partial charge >= 0.3 is 18.2 Å². The molecule has 0 aromatic heterocycles. The number of methoxy groups -OCH3 is 1. The third-order valence-corrected chi connectivity index (χ3v) is 5.84. The summed E-state index contributed by atoms with van der Waals surface area (Å²) in [6.07, 6.45) is 0.425. The third kappa shape index (κ3) is 9.11. The maximum atomic E-state index is 13.0. The van der Waals surface area contributed by atoms with Crippen LogP contribution in [0.5, 0.6) is 0 Å². The summed E-state index contributed by atoms with van der Waals surface area (Å²) in [5, 5.41) is 0.406. The lowest BCUT2D eigenvalue weighted by molar-refractivity contribution is -0.140. The van der Waals surface area contributed by atoms with Crippen molar-refractivity contribution in [3.8, 4) is 0 Å². The van der Waals surface area contributed by atoms with Crippen molar-refractivity contribution in [2.75, 3.05) is 24.0 Å². The number of esters is 1. The molecule has 0 aliphatic heterocycles. The highest BCUT2D eigenvalue weighted by Gasteiger charge is 2.34. The average Bonchev–Trinajstić information content (AvgIpc) is 2.63. The first-order valence-electron chi connectivity index (χ1n) is 9.96. The van der Waals surface area contributed by atoms with Crippen LogP contribution >= 0.6 is 35.1 Å². The summed E-state index contributed by atoms with van der Waals surface area (Å²) in [6, 6.07) is 3.36. The molecule has 1 aromatic rings. The van der Waals surface area contributed by atoms with Crippen LogP contribution in [0.4, 0.5) is 15.3 Å². The van der Waals surface area contributed by atoms with Crippen LogP contribution in [0, 0.1) is 0 Å². The SMILES string of the molecule is COC(=O)CCSc1ccc(N(C(=O)OC(C)(C)C)C(=O)OC(C)(C)C)c(CSC)c1Cl. The highest BCUT2D eigenvalue weighted by atomic mass is 35.5. The summed E-state index contributed by atoms with van der Waals surface area (Å²) in [6.45, 7) is 10.3. The predicted octanol–water partition coefficient (Wildman–Crippen LogP) is 6.53. The molecule has 0 atom stereocenters. The molecule has 10 heteroatoms. The normalized spacial score (nSPS) is 11.7. The van der Waals surface area contributed by atoms with Gasteiger partial charge in [-0.25, -0.2) is 9.59 Å². The van der Waals surface area contributed by atoms with Crippen molar-refractivity contribution >= 4 is 59.0 Å². The fraction of sp³-hybridized carbons (Fsp3) is 0.591. The first-order chi connectivity index (χ1) is 14.7. The number of hydrogen-bond acceptors (Lipinski definition) is 8. The molecule has 0 aliphatic rings. The van der Waals surface area contributed by atoms with Crippen LogP contribution in [0.25, 0.3) is 0 Å². The number of carbonyl (C=O) groups excluding carboxylic acids is 3. The van der Waals surface area contributed by atoms with E-state index in [0.29, 0.717) is 27.8 Å². The number of anilines is 1. The molecular formula is C22H32ClNO6S2. The van der Waals surface area contributed by atoms with Gasteiger partial charge in [0.1, 0.15) is 11.2 Å². The number of thioether (sulfide) groups is 2. The van der Waals surface area contributed by atoms with Crippen molar-refractivity contribution in [3.63, 3.8) is 0 Å². The molecule has 0 aliphatic carbocycles. The first kappa shape index (κ1) is 28.5. The van der Waals surface area contributed by atoms with Crippen LogP contribution in [0.3, 0.4) is 0 Å². The van der Waals surface area contributed by atoms with Gasteiger partial charge in [0.15, 0.2) is 0 Å². The minimum absolute atomic E-state index is 0.235. The number of rotatable bonds is 7. The second-order valence-electron chi connectivity index (χ2n) is 8.78. The van der Waals surface area contributed by atoms with Crippen LogP contribution in [0.1, 0.15) is 53.5 Å². The molecule has 180 valence electrons. The molecule has 0 fully saturated rings. The molecule has 0 unspecified atom stereocenters. The molecule has 1 aromatic carbocycles. The molecule has 0 N–H and O–H groups in total. The van der Waals surface area contributed by atoms with Gasteiger partial charge in [-0.1, -0.05) is 11.6 Å². The van der Waals surface area contributed by atoms with Gasteiger partial charge in [-0.15, -0.1) is 11.8 Å². The fourth-order valence-electron chi connectivity index (χ4n) is 2.42. The number of hydrogen-bond donors (Lipinski definition) is 0. The Morgan fingerprint density at radius 2 is 1.53 bits per heavy atom. The average molecular weight is 506 g/mol. The Kier molecular flexibility index (Phi) is 10.7. The Hall–Kier alpha value is -1.58. The van der Waals surface area contributed by atoms with Crippen LogP contribution in [-0.2, 0) is 24.8 Å². The molecule has 0 spiro atoms. The Bertz CT molecular complexity index is 805. The molecule has 32 heavy (non-hydrogen) atoms. The van der Waals surface area contributed by atoms with E-state index < -0.39 is 23.4 Å². The van der Waals surface area contributed by atoms with Gasteiger partial charge in [0, 0.05) is 22.0 Å². The number of carbonyl (C=O) groups is 3. The minimum Gasteiger partial charge on any atom is -0.469 e. The summed E-state index contributed by atoms with van der Waals surface area (Å²) in [4.78, 5) is 39.0. The van der Waals surface area contributed by atoms with Crippen LogP contribution in [0.15, 0.2) is 17.0 Å². The first-order valence-corrected chi connectivity index (χ1v) is 12.7. The fourth-order valence-corrected chi connectivity index (χ4v) is 4.38. The molecule has 1 rings (SSSR count). The van der Waals surface area contributed by atoms with Crippen molar-refractivity contribution in [2.24, 2.45) is 0 Å². The third-order valence-electron chi connectivity index (χ3n) is 3.66. The molecule has 0 saturated carbocycles. The zero-order valence-corrected chi connectivity index (χ0v) is 22.3. The lowest BCUT2D eigenvalue weighted by atomic mass is 10.1. The number of benzene rings is 1. The van der Waals surface area contributed by atoms with E-state index in [4.69, 9.17) is 21.1 Å². The predicted molar refractivity (Wildman–Crippen MR) is 131 cm³/mol. The lowest BCUT2D eigenvalue weighted by Gasteiger charge is -2.30. The van der Waals surface area contributed by atoms with Gasteiger partial charge in [0.25, 0.3) is 0 Å². The summed E-state index contributed by atoms with van der Waals surface area (Å²) >= 11 is 9.57. The Morgan fingerprint density at radius 3 is 1.97 bits per heavy atom. The van der Waals surface area contributed by atoms with Crippen molar-refractivity contribution in [1.82, 2.24) is 0 Å². The Morgan fingerprint density at radius 1 is 1.00 bits per heavy atom. The van der Waals surface area contributed by atoms with E-state index in [-0.39, 0.29) is 12.4 Å². The molecule has 0 heterocycles.